The van der Waals surface area contributed by atoms with Gasteiger partial charge in [-0.25, -0.2) is 0 Å². The van der Waals surface area contributed by atoms with E-state index in [1.807, 2.05) is 12.3 Å². The van der Waals surface area contributed by atoms with Crippen LogP contribution in [0.1, 0.15) is 5.56 Å². The molecule has 0 aromatic carbocycles. The minimum Gasteiger partial charge on any atom is -0.316 e. The van der Waals surface area contributed by atoms with Crippen LogP contribution in [0.2, 0.25) is 0 Å². The summed E-state index contributed by atoms with van der Waals surface area (Å²) in [5.74, 6) is 0. The Balaban J connectivity index is 3.47. The molecule has 1 aromatic rings. The highest BCUT2D eigenvalue weighted by Gasteiger charge is 2.05. The first-order valence-electron chi connectivity index (χ1n) is 3.09. The van der Waals surface area contributed by atoms with Crippen molar-refractivity contribution in [1.29, 1.82) is 5.26 Å². The van der Waals surface area contributed by atoms with Gasteiger partial charge >= 0.3 is 0 Å². The average molecular weight is 198 g/mol. The first kappa shape index (κ1) is 9.23. The monoisotopic (exact) mass is 198 g/mol. The Kier molecular flexibility index (Phi) is 2.84. The summed E-state index contributed by atoms with van der Waals surface area (Å²) in [5.41, 5.74) is 0.189. The molecule has 0 saturated heterocycles. The van der Waals surface area contributed by atoms with Crippen LogP contribution in [0.15, 0.2) is 20.8 Å². The number of nitrogens with zero attached hydrogens (tertiary/aromatic N) is 1. The highest BCUT2D eigenvalue weighted by molar-refractivity contribution is 7.98. The second-order valence-corrected chi connectivity index (χ2v) is 3.33. The number of rotatable bonds is 1. The minimum atomic E-state index is -0.233. The summed E-state index contributed by atoms with van der Waals surface area (Å²) >= 11 is 5.34. The molecule has 0 unspecified atom stereocenters. The molecule has 0 amide bonds. The number of aromatic nitrogens is 1. The van der Waals surface area contributed by atoms with E-state index < -0.39 is 0 Å². The van der Waals surface area contributed by atoms with Gasteiger partial charge < -0.3 is 4.98 Å². The average Bonchev–Trinajstić information content (AvgIpc) is 2.03. The molecule has 0 bridgehead atoms. The lowest BCUT2D eigenvalue weighted by Crippen LogP contribution is -2.06. The molecule has 3 nitrogen and oxygen atoms in total. The summed E-state index contributed by atoms with van der Waals surface area (Å²) in [5, 5.41) is 9.02. The zero-order valence-corrected chi connectivity index (χ0v) is 8.00. The lowest BCUT2D eigenvalue weighted by atomic mass is 10.3. The Bertz CT molecular complexity index is 391. The number of nitriles is 1. The number of thioether (sulfide) groups is 1. The molecule has 0 radical (unpaired) electrons. The Morgan fingerprint density at radius 3 is 2.92 bits per heavy atom. The first-order valence-corrected chi connectivity index (χ1v) is 4.76. The lowest BCUT2D eigenvalue weighted by Gasteiger charge is -2.00. The van der Waals surface area contributed by atoms with Crippen molar-refractivity contribution in [2.45, 2.75) is 9.92 Å². The molecule has 0 fully saturated rings. The summed E-state index contributed by atoms with van der Waals surface area (Å²) in [6.45, 7) is 0. The molecule has 0 aliphatic heterocycles. The maximum Gasteiger partial charge on any atom is 0.249 e. The summed E-state index contributed by atoms with van der Waals surface area (Å²) in [6.07, 6.45) is 1.81. The normalized spacial score (nSPS) is 9.42. The van der Waals surface area contributed by atoms with Crippen molar-refractivity contribution in [3.8, 4) is 6.07 Å². The van der Waals surface area contributed by atoms with Crippen LogP contribution in [0.4, 0.5) is 0 Å². The lowest BCUT2D eigenvalue weighted by molar-refractivity contribution is 1.03. The molecule has 0 atom stereocenters. The van der Waals surface area contributed by atoms with Gasteiger partial charge in [0.15, 0.2) is 0 Å². The Hall–Kier alpha value is -0.860. The van der Waals surface area contributed by atoms with Crippen LogP contribution in [-0.4, -0.2) is 11.2 Å². The van der Waals surface area contributed by atoms with Crippen molar-refractivity contribution >= 4 is 24.4 Å². The second-order valence-electron chi connectivity index (χ2n) is 2.04. The molecule has 0 saturated carbocycles. The molecule has 0 spiro atoms. The predicted octanol–water partition coefficient (Wildman–Crippen LogP) is 1.26. The number of pyridine rings is 1. The molecular weight excluding hydrogens is 192 g/mol. The van der Waals surface area contributed by atoms with Gasteiger partial charge in [0.1, 0.15) is 6.07 Å². The fourth-order valence-electron chi connectivity index (χ4n) is 0.792. The van der Waals surface area contributed by atoms with E-state index in [1.54, 1.807) is 0 Å². The maximum atomic E-state index is 10.9. The molecule has 1 rings (SSSR count). The van der Waals surface area contributed by atoms with Gasteiger partial charge in [-0.3, -0.25) is 4.79 Å². The highest BCUT2D eigenvalue weighted by Crippen LogP contribution is 2.21. The van der Waals surface area contributed by atoms with E-state index in [4.69, 9.17) is 5.26 Å². The van der Waals surface area contributed by atoms with E-state index in [0.29, 0.717) is 15.5 Å². The predicted molar refractivity (Wildman–Crippen MR) is 50.8 cm³/mol. The molecule has 5 heteroatoms. The van der Waals surface area contributed by atoms with Crippen LogP contribution in [0.5, 0.6) is 0 Å². The van der Waals surface area contributed by atoms with Gasteiger partial charge in [0, 0.05) is 11.0 Å². The van der Waals surface area contributed by atoms with Gasteiger partial charge in [0.25, 0.3) is 0 Å². The van der Waals surface area contributed by atoms with Crippen LogP contribution >= 0.6 is 24.4 Å². The van der Waals surface area contributed by atoms with Crippen LogP contribution in [0.25, 0.3) is 0 Å². The van der Waals surface area contributed by atoms with E-state index in [1.165, 1.54) is 17.8 Å². The van der Waals surface area contributed by atoms with Gasteiger partial charge in [-0.15, -0.1) is 24.4 Å². The summed E-state index contributed by atoms with van der Waals surface area (Å²) in [6, 6.07) is 3.37. The zero-order chi connectivity index (χ0) is 9.14. The van der Waals surface area contributed by atoms with Crippen LogP contribution in [0, 0.1) is 11.3 Å². The van der Waals surface area contributed by atoms with Crippen molar-refractivity contribution < 1.29 is 0 Å². The third-order valence-electron chi connectivity index (χ3n) is 1.32. The zero-order valence-electron chi connectivity index (χ0n) is 6.29. The van der Waals surface area contributed by atoms with Crippen molar-refractivity contribution in [1.82, 2.24) is 4.98 Å². The third kappa shape index (κ3) is 1.65. The molecule has 1 aromatic heterocycles. The van der Waals surface area contributed by atoms with E-state index >= 15 is 0 Å². The number of hydrogen-bond donors (Lipinski definition) is 2. The Morgan fingerprint density at radius 1 is 1.75 bits per heavy atom. The van der Waals surface area contributed by atoms with E-state index in [9.17, 15) is 4.79 Å². The van der Waals surface area contributed by atoms with Crippen molar-refractivity contribution in [2.24, 2.45) is 0 Å². The molecule has 12 heavy (non-hydrogen) atoms. The van der Waals surface area contributed by atoms with E-state index in [2.05, 4.69) is 17.6 Å². The van der Waals surface area contributed by atoms with Gasteiger partial charge in [0.2, 0.25) is 5.56 Å². The van der Waals surface area contributed by atoms with Crippen LogP contribution in [0.3, 0.4) is 0 Å². The molecular formula is C7H6N2OS2. The van der Waals surface area contributed by atoms with Crippen molar-refractivity contribution in [3.63, 3.8) is 0 Å². The standard InChI is InChI=1S/C7H6N2OS2/c1-12-5-2-6(10)9-7(11)4(5)3-8/h2H,1H3,(H2,9,10,11). The van der Waals surface area contributed by atoms with Gasteiger partial charge in [0.05, 0.1) is 10.6 Å². The number of H-pyrrole nitrogens is 1. The SMILES string of the molecule is CSc1cc(=O)[nH]c(S)c1C#N. The topological polar surface area (TPSA) is 56.6 Å². The minimum absolute atomic E-state index is 0.233. The number of nitrogens with one attached hydrogen (secondary N) is 1. The third-order valence-corrected chi connectivity index (χ3v) is 2.42. The molecule has 1 heterocycles. The number of thiol groups is 1. The van der Waals surface area contributed by atoms with E-state index in [0.717, 1.165) is 0 Å². The van der Waals surface area contributed by atoms with E-state index in [-0.39, 0.29) is 5.56 Å². The van der Waals surface area contributed by atoms with Crippen LogP contribution < -0.4 is 5.56 Å². The van der Waals surface area contributed by atoms with Crippen molar-refractivity contribution in [2.75, 3.05) is 6.26 Å². The smallest absolute Gasteiger partial charge is 0.249 e. The maximum absolute atomic E-state index is 10.9. The largest absolute Gasteiger partial charge is 0.316 e. The molecule has 0 aliphatic carbocycles. The molecule has 1 N–H and O–H groups in total. The highest BCUT2D eigenvalue weighted by atomic mass is 32.2. The first-order chi connectivity index (χ1) is 5.69. The second kappa shape index (κ2) is 3.70. The van der Waals surface area contributed by atoms with Gasteiger partial charge in [-0.1, -0.05) is 0 Å². The van der Waals surface area contributed by atoms with Crippen LogP contribution in [-0.2, 0) is 0 Å². The Morgan fingerprint density at radius 2 is 2.42 bits per heavy atom. The molecule has 62 valence electrons. The quantitative estimate of drug-likeness (QED) is 0.527. The van der Waals surface area contributed by atoms with Gasteiger partial charge in [-0.05, 0) is 6.26 Å². The van der Waals surface area contributed by atoms with Crippen molar-refractivity contribution in [3.05, 3.63) is 22.0 Å². The fourth-order valence-corrected chi connectivity index (χ4v) is 1.73. The summed E-state index contributed by atoms with van der Waals surface area (Å²) in [4.78, 5) is 14.0. The fraction of sp³-hybridized carbons (Fsp3) is 0.143. The molecule has 0 aliphatic rings. The Labute approximate surface area is 79.2 Å². The summed E-state index contributed by atoms with van der Waals surface area (Å²) in [7, 11) is 0. The van der Waals surface area contributed by atoms with Gasteiger partial charge in [-0.2, -0.15) is 5.26 Å². The number of aromatic amines is 1. The summed E-state index contributed by atoms with van der Waals surface area (Å²) < 4.78 is 0. The number of hydrogen-bond acceptors (Lipinski definition) is 4.